The summed E-state index contributed by atoms with van der Waals surface area (Å²) in [6.45, 7) is 3.33. The van der Waals surface area contributed by atoms with E-state index in [1.165, 1.54) is 12.1 Å². The summed E-state index contributed by atoms with van der Waals surface area (Å²) < 4.78 is 16.1. The summed E-state index contributed by atoms with van der Waals surface area (Å²) in [4.78, 5) is 14.5. The van der Waals surface area contributed by atoms with Gasteiger partial charge in [-0.1, -0.05) is 0 Å². The Hall–Kier alpha value is -1.44. The molecule has 116 valence electrons. The number of amides is 1. The lowest BCUT2D eigenvalue weighted by atomic mass is 10.0. The lowest BCUT2D eigenvalue weighted by molar-refractivity contribution is 0.0671. The molecule has 0 bridgehead atoms. The molecule has 22 heavy (non-hydrogen) atoms. The second-order valence-electron chi connectivity index (χ2n) is 5.67. The van der Waals surface area contributed by atoms with Crippen molar-refractivity contribution in [3.8, 4) is 0 Å². The van der Waals surface area contributed by atoms with E-state index >= 15 is 0 Å². The van der Waals surface area contributed by atoms with E-state index in [0.717, 1.165) is 22.0 Å². The molecule has 3 rings (SSSR count). The highest BCUT2D eigenvalue weighted by molar-refractivity contribution is 14.1. The Morgan fingerprint density at radius 2 is 2.27 bits per heavy atom. The van der Waals surface area contributed by atoms with Gasteiger partial charge in [0.1, 0.15) is 5.82 Å². The van der Waals surface area contributed by atoms with Crippen LogP contribution in [-0.4, -0.2) is 33.7 Å². The van der Waals surface area contributed by atoms with E-state index in [1.54, 1.807) is 6.07 Å². The van der Waals surface area contributed by atoms with E-state index < -0.39 is 0 Å². The van der Waals surface area contributed by atoms with E-state index in [9.17, 15) is 9.18 Å². The Morgan fingerprint density at radius 3 is 3.00 bits per heavy atom. The second-order valence-corrected chi connectivity index (χ2v) is 6.83. The van der Waals surface area contributed by atoms with E-state index in [2.05, 4.69) is 27.7 Å². The first kappa shape index (κ1) is 15.5. The molecule has 0 radical (unpaired) electrons. The van der Waals surface area contributed by atoms with E-state index in [0.29, 0.717) is 18.7 Å². The topological polar surface area (TPSA) is 38.1 Å². The zero-order chi connectivity index (χ0) is 15.7. The summed E-state index contributed by atoms with van der Waals surface area (Å²) in [6, 6.07) is 4.54. The first-order valence-corrected chi connectivity index (χ1v) is 8.37. The molecule has 0 N–H and O–H groups in total. The predicted octanol–water partition coefficient (Wildman–Crippen LogP) is 3.41. The molecule has 6 heteroatoms. The van der Waals surface area contributed by atoms with Gasteiger partial charge in [-0.3, -0.25) is 9.48 Å². The Labute approximate surface area is 142 Å². The van der Waals surface area contributed by atoms with Gasteiger partial charge >= 0.3 is 0 Å². The van der Waals surface area contributed by atoms with E-state index in [1.807, 2.05) is 28.9 Å². The standard InChI is InChI=1S/C16H17FIN3O/c1-11-8-19-21(9-11)13-3-2-6-20(10-13)16(22)14-7-12(17)4-5-15(14)18/h4-5,7-9,13H,2-3,6,10H2,1H3. The van der Waals surface area contributed by atoms with Gasteiger partial charge < -0.3 is 4.90 Å². The third kappa shape index (κ3) is 3.16. The highest BCUT2D eigenvalue weighted by Crippen LogP contribution is 2.24. The number of nitrogens with zero attached hydrogens (tertiary/aromatic N) is 3. The molecule has 1 aliphatic heterocycles. The van der Waals surface area contributed by atoms with Gasteiger partial charge in [-0.25, -0.2) is 4.39 Å². The van der Waals surface area contributed by atoms with E-state index in [-0.39, 0.29) is 17.8 Å². The third-order valence-electron chi connectivity index (χ3n) is 3.95. The number of carbonyl (C=O) groups excluding carboxylic acids is 1. The third-order valence-corrected chi connectivity index (χ3v) is 4.89. The fourth-order valence-electron chi connectivity index (χ4n) is 2.82. The number of aromatic nitrogens is 2. The van der Waals surface area contributed by atoms with Gasteiger partial charge in [-0.2, -0.15) is 5.10 Å². The summed E-state index contributed by atoms with van der Waals surface area (Å²) in [7, 11) is 0. The normalized spacial score (nSPS) is 18.5. The number of benzene rings is 1. The van der Waals surface area contributed by atoms with E-state index in [4.69, 9.17) is 0 Å². The van der Waals surface area contributed by atoms with Crippen LogP contribution in [0, 0.1) is 16.3 Å². The van der Waals surface area contributed by atoms with Crippen molar-refractivity contribution in [3.05, 3.63) is 51.1 Å². The average molecular weight is 413 g/mol. The fraction of sp³-hybridized carbons (Fsp3) is 0.375. The summed E-state index contributed by atoms with van der Waals surface area (Å²) >= 11 is 2.08. The fourth-order valence-corrected chi connectivity index (χ4v) is 3.39. The molecule has 0 spiro atoms. The molecule has 0 saturated carbocycles. The largest absolute Gasteiger partial charge is 0.336 e. The van der Waals surface area contributed by atoms with Crippen LogP contribution in [0.2, 0.25) is 0 Å². The van der Waals surface area contributed by atoms with Crippen LogP contribution in [0.25, 0.3) is 0 Å². The van der Waals surface area contributed by atoms with Crippen LogP contribution in [-0.2, 0) is 0 Å². The molecular weight excluding hydrogens is 396 g/mol. The van der Waals surface area contributed by atoms with Crippen molar-refractivity contribution in [1.82, 2.24) is 14.7 Å². The second kappa shape index (κ2) is 6.36. The first-order valence-electron chi connectivity index (χ1n) is 7.29. The lowest BCUT2D eigenvalue weighted by Crippen LogP contribution is -2.41. The smallest absolute Gasteiger partial charge is 0.255 e. The van der Waals surface area contributed by atoms with Crippen molar-refractivity contribution in [2.75, 3.05) is 13.1 Å². The maximum atomic E-state index is 13.4. The Kier molecular flexibility index (Phi) is 4.46. The van der Waals surface area contributed by atoms with Crippen LogP contribution in [0.1, 0.15) is 34.8 Å². The monoisotopic (exact) mass is 413 g/mol. The summed E-state index contributed by atoms with van der Waals surface area (Å²) in [5.74, 6) is -0.475. The Balaban J connectivity index is 1.79. The molecule has 1 aliphatic rings. The molecule has 0 aliphatic carbocycles. The molecule has 2 aromatic rings. The molecule has 2 heterocycles. The van der Waals surface area contributed by atoms with Gasteiger partial charge in [-0.15, -0.1) is 0 Å². The van der Waals surface area contributed by atoms with Crippen LogP contribution < -0.4 is 0 Å². The zero-order valence-electron chi connectivity index (χ0n) is 12.3. The highest BCUT2D eigenvalue weighted by atomic mass is 127. The number of hydrogen-bond acceptors (Lipinski definition) is 2. The zero-order valence-corrected chi connectivity index (χ0v) is 14.5. The van der Waals surface area contributed by atoms with Crippen LogP contribution >= 0.6 is 22.6 Å². The molecule has 1 aromatic heterocycles. The molecular formula is C16H17FIN3O. The number of rotatable bonds is 2. The van der Waals surface area contributed by atoms with Gasteiger partial charge in [-0.05, 0) is 66.1 Å². The van der Waals surface area contributed by atoms with Crippen molar-refractivity contribution >= 4 is 28.5 Å². The lowest BCUT2D eigenvalue weighted by Gasteiger charge is -2.33. The SMILES string of the molecule is Cc1cnn(C2CCCN(C(=O)c3cc(F)ccc3I)C2)c1. The average Bonchev–Trinajstić information content (AvgIpc) is 2.96. The van der Waals surface area contributed by atoms with Gasteiger partial charge in [0.2, 0.25) is 0 Å². The molecule has 4 nitrogen and oxygen atoms in total. The van der Waals surface area contributed by atoms with Crippen molar-refractivity contribution in [3.63, 3.8) is 0 Å². The first-order chi connectivity index (χ1) is 10.5. The van der Waals surface area contributed by atoms with Gasteiger partial charge in [0.15, 0.2) is 0 Å². The van der Waals surface area contributed by atoms with Crippen molar-refractivity contribution in [1.29, 1.82) is 0 Å². The van der Waals surface area contributed by atoms with Crippen LogP contribution in [0.5, 0.6) is 0 Å². The Morgan fingerprint density at radius 1 is 1.45 bits per heavy atom. The highest BCUT2D eigenvalue weighted by Gasteiger charge is 2.27. The summed E-state index contributed by atoms with van der Waals surface area (Å²) in [5, 5.41) is 4.35. The number of aryl methyl sites for hydroxylation is 1. The van der Waals surface area contributed by atoms with Crippen molar-refractivity contribution in [2.45, 2.75) is 25.8 Å². The number of carbonyl (C=O) groups is 1. The van der Waals surface area contributed by atoms with Crippen molar-refractivity contribution in [2.24, 2.45) is 0 Å². The van der Waals surface area contributed by atoms with Gasteiger partial charge in [0.05, 0.1) is 17.8 Å². The van der Waals surface area contributed by atoms with Gasteiger partial charge in [0.25, 0.3) is 5.91 Å². The maximum Gasteiger partial charge on any atom is 0.255 e. The molecule has 1 fully saturated rings. The minimum Gasteiger partial charge on any atom is -0.336 e. The van der Waals surface area contributed by atoms with Gasteiger partial charge in [0, 0.05) is 22.9 Å². The summed E-state index contributed by atoms with van der Waals surface area (Å²) in [6.07, 6.45) is 5.77. The van der Waals surface area contributed by atoms with Crippen LogP contribution in [0.4, 0.5) is 4.39 Å². The molecule has 1 aromatic carbocycles. The minimum atomic E-state index is -0.375. The number of piperidine rings is 1. The maximum absolute atomic E-state index is 13.4. The molecule has 1 atom stereocenters. The predicted molar refractivity (Wildman–Crippen MR) is 90.3 cm³/mol. The minimum absolute atomic E-state index is 0.0996. The summed E-state index contributed by atoms with van der Waals surface area (Å²) in [5.41, 5.74) is 1.56. The number of likely N-dealkylation sites (tertiary alicyclic amines) is 1. The molecule has 1 unspecified atom stereocenters. The number of hydrogen-bond donors (Lipinski definition) is 0. The quantitative estimate of drug-likeness (QED) is 0.708. The Bertz CT molecular complexity index is 700. The van der Waals surface area contributed by atoms with Crippen LogP contribution in [0.3, 0.4) is 0 Å². The van der Waals surface area contributed by atoms with Crippen molar-refractivity contribution < 1.29 is 9.18 Å². The molecule has 1 amide bonds. The molecule has 1 saturated heterocycles. The number of halogens is 2. The van der Waals surface area contributed by atoms with Crippen LogP contribution in [0.15, 0.2) is 30.6 Å².